The summed E-state index contributed by atoms with van der Waals surface area (Å²) in [5, 5.41) is 8.17. The lowest BCUT2D eigenvalue weighted by Crippen LogP contribution is -2.48. The molecule has 9 nitrogen and oxygen atoms in total. The number of nitrogens with zero attached hydrogens (tertiary/aromatic N) is 5. The van der Waals surface area contributed by atoms with Gasteiger partial charge in [-0.2, -0.15) is 5.10 Å². The fourth-order valence-electron chi connectivity index (χ4n) is 4.67. The third-order valence-electron chi connectivity index (χ3n) is 6.68. The summed E-state index contributed by atoms with van der Waals surface area (Å²) in [6.45, 7) is 8.60. The first-order valence-electron chi connectivity index (χ1n) is 12.6. The van der Waals surface area contributed by atoms with Crippen LogP contribution in [0.4, 0.5) is 21.7 Å². The van der Waals surface area contributed by atoms with Gasteiger partial charge in [0.15, 0.2) is 5.82 Å². The third kappa shape index (κ3) is 4.73. The second-order valence-corrected chi connectivity index (χ2v) is 10.2. The highest BCUT2D eigenvalue weighted by molar-refractivity contribution is 6.20. The molecule has 1 N–H and O–H groups in total. The number of nitrogens with one attached hydrogen (secondary N) is 1. The number of benzene rings is 2. The highest BCUT2D eigenvalue weighted by Gasteiger charge is 2.45. The van der Waals surface area contributed by atoms with Crippen LogP contribution in [0.25, 0.3) is 0 Å². The number of aromatic nitrogens is 2. The summed E-state index contributed by atoms with van der Waals surface area (Å²) in [4.78, 5) is 33.5. The van der Waals surface area contributed by atoms with Crippen molar-refractivity contribution in [2.45, 2.75) is 52.3 Å². The van der Waals surface area contributed by atoms with Gasteiger partial charge in [0.05, 0.1) is 18.6 Å². The molecule has 0 radical (unpaired) electrons. The number of halogens is 1. The van der Waals surface area contributed by atoms with Gasteiger partial charge < -0.3 is 10.1 Å². The van der Waals surface area contributed by atoms with E-state index in [1.54, 1.807) is 35.7 Å². The molecule has 0 aliphatic carbocycles. The summed E-state index contributed by atoms with van der Waals surface area (Å²) < 4.78 is 20.7. The van der Waals surface area contributed by atoms with Crippen molar-refractivity contribution in [3.63, 3.8) is 0 Å². The van der Waals surface area contributed by atoms with E-state index in [9.17, 15) is 14.0 Å². The molecule has 0 spiro atoms. The molecule has 1 aromatic heterocycles. The van der Waals surface area contributed by atoms with Crippen molar-refractivity contribution in [3.8, 4) is 0 Å². The van der Waals surface area contributed by atoms with Crippen LogP contribution in [0, 0.1) is 5.82 Å². The van der Waals surface area contributed by atoms with Gasteiger partial charge in [0.25, 0.3) is 5.91 Å². The highest BCUT2D eigenvalue weighted by atomic mass is 19.1. The third-order valence-corrected chi connectivity index (χ3v) is 6.68. The van der Waals surface area contributed by atoms with Crippen LogP contribution in [-0.2, 0) is 16.1 Å². The van der Waals surface area contributed by atoms with Gasteiger partial charge in [-0.15, -0.1) is 0 Å². The number of amides is 1. The zero-order valence-electron chi connectivity index (χ0n) is 22.2. The molecule has 3 aromatic rings. The Morgan fingerprint density at radius 2 is 1.84 bits per heavy atom. The van der Waals surface area contributed by atoms with Crippen molar-refractivity contribution in [2.24, 2.45) is 4.99 Å². The van der Waals surface area contributed by atoms with Crippen LogP contribution < -0.4 is 10.2 Å². The lowest BCUT2D eigenvalue weighted by Gasteiger charge is -2.30. The van der Waals surface area contributed by atoms with Gasteiger partial charge in [0.2, 0.25) is 5.96 Å². The van der Waals surface area contributed by atoms with Crippen molar-refractivity contribution >= 4 is 35.2 Å². The van der Waals surface area contributed by atoms with Gasteiger partial charge in [-0.25, -0.2) is 14.1 Å². The predicted molar refractivity (Wildman–Crippen MR) is 143 cm³/mol. The summed E-state index contributed by atoms with van der Waals surface area (Å²) in [6, 6.07) is 13.7. The van der Waals surface area contributed by atoms with Gasteiger partial charge in [-0.05, 0) is 56.2 Å². The average molecular weight is 519 g/mol. The molecule has 0 saturated heterocycles. The Hall–Kier alpha value is -4.21. The molecule has 10 heteroatoms. The molecule has 198 valence electrons. The minimum atomic E-state index is -0.367. The number of carbonyl (C=O) groups is 2. The van der Waals surface area contributed by atoms with E-state index in [-0.39, 0.29) is 29.3 Å². The van der Waals surface area contributed by atoms with Gasteiger partial charge >= 0.3 is 5.97 Å². The van der Waals surface area contributed by atoms with Gasteiger partial charge in [0.1, 0.15) is 23.3 Å². The number of carbonyl (C=O) groups excluding carboxylic acids is 2. The lowest BCUT2D eigenvalue weighted by molar-refractivity contribution is -0.148. The maximum Gasteiger partial charge on any atom is 0.306 e. The monoisotopic (exact) mass is 518 g/mol. The first-order chi connectivity index (χ1) is 18.1. The molecule has 0 saturated carbocycles. The molecule has 38 heavy (non-hydrogen) atoms. The predicted octanol–water partition coefficient (Wildman–Crippen LogP) is 4.87. The van der Waals surface area contributed by atoms with E-state index >= 15 is 0 Å². The van der Waals surface area contributed by atoms with Crippen LogP contribution in [0.1, 0.15) is 61.7 Å². The van der Waals surface area contributed by atoms with E-state index in [1.807, 2.05) is 49.9 Å². The Labute approximate surface area is 220 Å². The van der Waals surface area contributed by atoms with E-state index in [0.717, 1.165) is 11.1 Å². The summed E-state index contributed by atoms with van der Waals surface area (Å²) >= 11 is 0. The number of anilines is 3. The van der Waals surface area contributed by atoms with E-state index in [0.29, 0.717) is 48.4 Å². The second-order valence-electron chi connectivity index (χ2n) is 10.2. The molecule has 0 fully saturated rings. The fourth-order valence-corrected chi connectivity index (χ4v) is 4.67. The largest absolute Gasteiger partial charge is 0.458 e. The standard InChI is InChI=1S/C28H31FN6O3/c1-6-22(36)38-17(2)19-9-7-18(8-10-19)15-35-24(30-21-13-11-20(29)12-14-21)23-25(32-35)34-16-28(3,4)31-27(34)33(5)26(23)37/h7-14,17,30H,6,15-16H2,1-5H3. The van der Waals surface area contributed by atoms with Crippen LogP contribution >= 0.6 is 0 Å². The van der Waals surface area contributed by atoms with Crippen molar-refractivity contribution < 1.29 is 18.7 Å². The summed E-state index contributed by atoms with van der Waals surface area (Å²) in [5.74, 6) is 0.819. The second kappa shape index (κ2) is 9.59. The number of esters is 1. The Morgan fingerprint density at radius 3 is 2.50 bits per heavy atom. The molecular weight excluding hydrogens is 487 g/mol. The number of fused-ring (bicyclic) bond motifs is 3. The molecule has 5 rings (SSSR count). The number of hydrogen-bond acceptors (Lipinski definition) is 7. The quantitative estimate of drug-likeness (QED) is 0.449. The number of aliphatic imine (C=N–C) groups is 1. The zero-order valence-corrected chi connectivity index (χ0v) is 22.2. The maximum absolute atomic E-state index is 13.6. The number of hydrogen-bond donors (Lipinski definition) is 1. The smallest absolute Gasteiger partial charge is 0.306 e. The van der Waals surface area contributed by atoms with E-state index < -0.39 is 0 Å². The van der Waals surface area contributed by atoms with Gasteiger partial charge in [0, 0.05) is 19.2 Å². The van der Waals surface area contributed by atoms with E-state index in [1.165, 1.54) is 12.1 Å². The molecule has 3 heterocycles. The Bertz CT molecular complexity index is 1410. The lowest BCUT2D eigenvalue weighted by atomic mass is 10.1. The Morgan fingerprint density at radius 1 is 1.16 bits per heavy atom. The summed E-state index contributed by atoms with van der Waals surface area (Å²) in [5.41, 5.74) is 2.53. The van der Waals surface area contributed by atoms with E-state index in [2.05, 4.69) is 5.32 Å². The first-order valence-corrected chi connectivity index (χ1v) is 12.6. The van der Waals surface area contributed by atoms with Gasteiger partial charge in [-0.3, -0.25) is 19.4 Å². The zero-order chi connectivity index (χ0) is 27.2. The van der Waals surface area contributed by atoms with E-state index in [4.69, 9.17) is 14.8 Å². The number of ether oxygens (including phenoxy) is 1. The number of rotatable bonds is 7. The van der Waals surface area contributed by atoms with Crippen LogP contribution in [-0.4, -0.2) is 51.6 Å². The van der Waals surface area contributed by atoms with Crippen molar-refractivity contribution in [2.75, 3.05) is 23.8 Å². The summed E-state index contributed by atoms with van der Waals surface area (Å²) in [7, 11) is 1.71. The van der Waals surface area contributed by atoms with Crippen LogP contribution in [0.5, 0.6) is 0 Å². The minimum absolute atomic E-state index is 0.217. The topological polar surface area (TPSA) is 92.1 Å². The first kappa shape index (κ1) is 25.4. The van der Waals surface area contributed by atoms with Crippen LogP contribution in [0.3, 0.4) is 0 Å². The molecule has 1 amide bonds. The van der Waals surface area contributed by atoms with Crippen molar-refractivity contribution in [1.29, 1.82) is 0 Å². The van der Waals surface area contributed by atoms with Crippen molar-refractivity contribution in [1.82, 2.24) is 14.7 Å². The Balaban J connectivity index is 1.52. The highest BCUT2D eigenvalue weighted by Crippen LogP contribution is 2.39. The average Bonchev–Trinajstić information content (AvgIpc) is 3.41. The normalized spacial score (nSPS) is 16.6. The number of guanidine groups is 1. The SMILES string of the molecule is CCC(=O)OC(C)c1ccc(Cn2nc3c(c2Nc2ccc(F)cc2)C(=O)N(C)C2=NC(C)(C)CN23)cc1. The molecule has 2 aliphatic rings. The minimum Gasteiger partial charge on any atom is -0.458 e. The molecule has 1 unspecified atom stereocenters. The maximum atomic E-state index is 13.6. The van der Waals surface area contributed by atoms with Crippen LogP contribution in [0.2, 0.25) is 0 Å². The molecule has 1 atom stereocenters. The molecule has 2 aromatic carbocycles. The van der Waals surface area contributed by atoms with Crippen LogP contribution in [0.15, 0.2) is 53.5 Å². The summed E-state index contributed by atoms with van der Waals surface area (Å²) in [6.07, 6.45) is -0.0290. The van der Waals surface area contributed by atoms with Gasteiger partial charge in [-0.1, -0.05) is 31.2 Å². The Kier molecular flexibility index (Phi) is 6.42. The fraction of sp³-hybridized carbons (Fsp3) is 0.357. The molecular formula is C28H31FN6O3. The molecule has 2 aliphatic heterocycles. The molecule has 0 bridgehead atoms. The van der Waals surface area contributed by atoms with Crippen molar-refractivity contribution in [3.05, 3.63) is 71.0 Å².